The summed E-state index contributed by atoms with van der Waals surface area (Å²) in [5.41, 5.74) is 0.980. The van der Waals surface area contributed by atoms with E-state index in [1.807, 2.05) is 30.4 Å². The van der Waals surface area contributed by atoms with Crippen LogP contribution < -0.4 is 5.46 Å². The molecule has 1 aromatic heterocycles. The van der Waals surface area contributed by atoms with E-state index in [0.717, 1.165) is 5.46 Å². The molecule has 1 N–H and O–H groups in total. The van der Waals surface area contributed by atoms with E-state index in [9.17, 15) is 0 Å². The van der Waals surface area contributed by atoms with E-state index in [-0.39, 0.29) is 5.75 Å². The Labute approximate surface area is 67.9 Å². The molecule has 9 heavy (non-hydrogen) atoms. The number of hydrogen-bond acceptors (Lipinski definition) is 2. The highest BCUT2D eigenvalue weighted by molar-refractivity contribution is 14.1. The lowest BCUT2D eigenvalue weighted by Crippen LogP contribution is -2.02. The molecule has 0 unspecified atom stereocenters. The van der Waals surface area contributed by atoms with Gasteiger partial charge in [0, 0.05) is 6.20 Å². The van der Waals surface area contributed by atoms with Crippen molar-refractivity contribution >= 4 is 35.9 Å². The van der Waals surface area contributed by atoms with E-state index < -0.39 is 0 Å². The van der Waals surface area contributed by atoms with Gasteiger partial charge >= 0.3 is 0 Å². The van der Waals surface area contributed by atoms with Crippen molar-refractivity contribution in [3.8, 4) is 5.75 Å². The summed E-state index contributed by atoms with van der Waals surface area (Å²) >= 11 is 1.98. The zero-order chi connectivity index (χ0) is 6.85. The summed E-state index contributed by atoms with van der Waals surface area (Å²) in [7, 11) is 1.89. The quantitative estimate of drug-likeness (QED) is 0.377. The fraction of sp³-hybridized carbons (Fsp3) is 0. The summed E-state index contributed by atoms with van der Waals surface area (Å²) in [6.45, 7) is 0. The average Bonchev–Trinajstić information content (AvgIpc) is 1.80. The van der Waals surface area contributed by atoms with Gasteiger partial charge in [-0.15, -0.1) is 0 Å². The van der Waals surface area contributed by atoms with Crippen LogP contribution in [-0.4, -0.2) is 17.9 Å². The minimum atomic E-state index is 0.260. The van der Waals surface area contributed by atoms with Crippen LogP contribution in [0.4, 0.5) is 0 Å². The number of nitrogens with zero attached hydrogens (tertiary/aromatic N) is 1. The third-order valence-corrected chi connectivity index (χ3v) is 1.79. The Morgan fingerprint density at radius 3 is 2.78 bits per heavy atom. The molecule has 46 valence electrons. The maximum absolute atomic E-state index is 9.03. The van der Waals surface area contributed by atoms with Crippen LogP contribution in [0.2, 0.25) is 0 Å². The highest BCUT2D eigenvalue weighted by atomic mass is 127. The molecule has 0 spiro atoms. The zero-order valence-electron chi connectivity index (χ0n) is 4.93. The summed E-state index contributed by atoms with van der Waals surface area (Å²) in [4.78, 5) is 3.91. The largest absolute Gasteiger partial charge is 0.505 e. The molecule has 0 aliphatic rings. The molecule has 1 heterocycles. The molecule has 0 bridgehead atoms. The first kappa shape index (κ1) is 6.86. The van der Waals surface area contributed by atoms with Gasteiger partial charge in [-0.3, -0.25) is 0 Å². The highest BCUT2D eigenvalue weighted by Crippen LogP contribution is 2.12. The molecular formula is C5H5BINO. The molecule has 0 fully saturated rings. The van der Waals surface area contributed by atoms with Gasteiger partial charge in [0.2, 0.25) is 0 Å². The Bertz CT molecular complexity index is 228. The van der Waals surface area contributed by atoms with E-state index >= 15 is 0 Å². The molecular weight excluding hydrogens is 228 g/mol. The van der Waals surface area contributed by atoms with Crippen molar-refractivity contribution in [2.24, 2.45) is 0 Å². The van der Waals surface area contributed by atoms with Crippen molar-refractivity contribution in [3.05, 3.63) is 16.0 Å². The second kappa shape index (κ2) is 2.55. The van der Waals surface area contributed by atoms with Crippen molar-refractivity contribution < 1.29 is 5.11 Å². The first-order valence-corrected chi connectivity index (χ1v) is 3.59. The smallest absolute Gasteiger partial charge is 0.146 e. The van der Waals surface area contributed by atoms with Gasteiger partial charge in [-0.05, 0) is 28.7 Å². The molecule has 0 radical (unpaired) electrons. The topological polar surface area (TPSA) is 33.1 Å². The number of halogens is 1. The first-order chi connectivity index (χ1) is 4.20. The summed E-state index contributed by atoms with van der Waals surface area (Å²) < 4.78 is 0.651. The molecule has 0 aliphatic carbocycles. The SMILES string of the molecule is Bc1cnc(I)c(O)c1. The number of aromatic hydroxyl groups is 1. The Morgan fingerprint density at radius 1 is 1.67 bits per heavy atom. The predicted molar refractivity (Wildman–Crippen MR) is 46.8 cm³/mol. The second-order valence-electron chi connectivity index (χ2n) is 1.82. The maximum Gasteiger partial charge on any atom is 0.146 e. The Hall–Kier alpha value is -0.255. The summed E-state index contributed by atoms with van der Waals surface area (Å²) in [5, 5.41) is 9.03. The molecule has 0 amide bonds. The van der Waals surface area contributed by atoms with E-state index in [1.165, 1.54) is 0 Å². The van der Waals surface area contributed by atoms with Gasteiger partial charge in [0.15, 0.2) is 0 Å². The van der Waals surface area contributed by atoms with Crippen LogP contribution >= 0.6 is 22.6 Å². The Kier molecular flexibility index (Phi) is 1.95. The van der Waals surface area contributed by atoms with Crippen LogP contribution in [0, 0.1) is 3.70 Å². The number of pyridine rings is 1. The lowest BCUT2D eigenvalue weighted by atomic mass is 9.99. The number of aromatic nitrogens is 1. The molecule has 0 saturated carbocycles. The van der Waals surface area contributed by atoms with E-state index in [1.54, 1.807) is 12.3 Å². The van der Waals surface area contributed by atoms with Gasteiger partial charge < -0.3 is 5.11 Å². The molecule has 0 saturated heterocycles. The van der Waals surface area contributed by atoms with Crippen LogP contribution in [0.25, 0.3) is 0 Å². The van der Waals surface area contributed by atoms with Crippen LogP contribution in [0.3, 0.4) is 0 Å². The second-order valence-corrected chi connectivity index (χ2v) is 2.84. The summed E-state index contributed by atoms with van der Waals surface area (Å²) in [5.74, 6) is 0.260. The average molecular weight is 233 g/mol. The third kappa shape index (κ3) is 1.57. The van der Waals surface area contributed by atoms with Crippen LogP contribution in [0.15, 0.2) is 12.3 Å². The third-order valence-electron chi connectivity index (χ3n) is 0.957. The van der Waals surface area contributed by atoms with Gasteiger partial charge in [-0.1, -0.05) is 5.46 Å². The normalized spacial score (nSPS) is 9.44. The Morgan fingerprint density at radius 2 is 2.33 bits per heavy atom. The summed E-state index contributed by atoms with van der Waals surface area (Å²) in [6.07, 6.45) is 1.72. The lowest BCUT2D eigenvalue weighted by Gasteiger charge is -1.94. The van der Waals surface area contributed by atoms with Gasteiger partial charge in [-0.25, -0.2) is 4.98 Å². The maximum atomic E-state index is 9.03. The molecule has 0 atom stereocenters. The highest BCUT2D eigenvalue weighted by Gasteiger charge is 1.95. The van der Waals surface area contributed by atoms with Gasteiger partial charge in [-0.2, -0.15) is 0 Å². The monoisotopic (exact) mass is 233 g/mol. The minimum Gasteiger partial charge on any atom is -0.505 e. The van der Waals surface area contributed by atoms with E-state index in [4.69, 9.17) is 5.11 Å². The fourth-order valence-corrected chi connectivity index (χ4v) is 0.832. The van der Waals surface area contributed by atoms with Crippen molar-refractivity contribution in [2.75, 3.05) is 0 Å². The molecule has 4 heteroatoms. The van der Waals surface area contributed by atoms with Gasteiger partial charge in [0.05, 0.1) is 0 Å². The van der Waals surface area contributed by atoms with Crippen LogP contribution in [0.5, 0.6) is 5.75 Å². The summed E-state index contributed by atoms with van der Waals surface area (Å²) in [6, 6.07) is 1.69. The van der Waals surface area contributed by atoms with Crippen LogP contribution in [0.1, 0.15) is 0 Å². The van der Waals surface area contributed by atoms with E-state index in [2.05, 4.69) is 4.98 Å². The molecule has 1 aromatic rings. The molecule has 0 aliphatic heterocycles. The standard InChI is InChI=1S/C5H5BINO/c6-3-1-4(9)5(7)8-2-3/h1-2,9H,6H2. The van der Waals surface area contributed by atoms with Crippen molar-refractivity contribution in [1.29, 1.82) is 0 Å². The predicted octanol–water partition coefficient (Wildman–Crippen LogP) is -0.350. The molecule has 1 rings (SSSR count). The number of rotatable bonds is 0. The molecule has 2 nitrogen and oxygen atoms in total. The van der Waals surface area contributed by atoms with Crippen molar-refractivity contribution in [3.63, 3.8) is 0 Å². The van der Waals surface area contributed by atoms with Crippen molar-refractivity contribution in [2.45, 2.75) is 0 Å². The van der Waals surface area contributed by atoms with E-state index in [0.29, 0.717) is 3.70 Å². The lowest BCUT2D eigenvalue weighted by molar-refractivity contribution is 0.468. The van der Waals surface area contributed by atoms with Gasteiger partial charge in [0.1, 0.15) is 17.3 Å². The minimum absolute atomic E-state index is 0.260. The Balaban J connectivity index is 3.17. The van der Waals surface area contributed by atoms with Crippen molar-refractivity contribution in [1.82, 2.24) is 4.98 Å². The van der Waals surface area contributed by atoms with Gasteiger partial charge in [0.25, 0.3) is 0 Å². The molecule has 0 aromatic carbocycles. The zero-order valence-corrected chi connectivity index (χ0v) is 7.08. The van der Waals surface area contributed by atoms with Crippen LogP contribution in [-0.2, 0) is 0 Å². The number of hydrogen-bond donors (Lipinski definition) is 1. The first-order valence-electron chi connectivity index (χ1n) is 2.51. The fourth-order valence-electron chi connectivity index (χ4n) is 0.537.